The van der Waals surface area contributed by atoms with Crippen LogP contribution in [0.5, 0.6) is 5.75 Å². The number of benzene rings is 2. The van der Waals surface area contributed by atoms with Gasteiger partial charge >= 0.3 is 0 Å². The molecule has 0 saturated carbocycles. The molecule has 0 aliphatic heterocycles. The van der Waals surface area contributed by atoms with Gasteiger partial charge in [-0.15, -0.1) is 0 Å². The summed E-state index contributed by atoms with van der Waals surface area (Å²) in [6.45, 7) is 5.25. The standard InChI is InChI=1S/C24H31ClN2O3/c1-3-16-26-24(29)22(4-2)27(18-19-11-8-9-14-21(19)25)23(28)15-10-17-30-20-12-6-5-7-13-20/h5-9,11-14,22H,3-4,10,15-18H2,1-2H3,(H,26,29)/t22-/m1/s1. The summed E-state index contributed by atoms with van der Waals surface area (Å²) in [5, 5.41) is 3.51. The Bertz CT molecular complexity index is 798. The second-order valence-electron chi connectivity index (χ2n) is 7.09. The average molecular weight is 431 g/mol. The van der Waals surface area contributed by atoms with Crippen LogP contribution >= 0.6 is 11.6 Å². The molecule has 6 heteroatoms. The molecule has 0 heterocycles. The number of halogens is 1. The highest BCUT2D eigenvalue weighted by Gasteiger charge is 2.28. The van der Waals surface area contributed by atoms with E-state index in [-0.39, 0.29) is 11.8 Å². The van der Waals surface area contributed by atoms with Gasteiger partial charge in [0.2, 0.25) is 11.8 Å². The lowest BCUT2D eigenvalue weighted by Gasteiger charge is -2.31. The lowest BCUT2D eigenvalue weighted by molar-refractivity contribution is -0.141. The Morgan fingerprint density at radius 1 is 1.07 bits per heavy atom. The minimum Gasteiger partial charge on any atom is -0.494 e. The summed E-state index contributed by atoms with van der Waals surface area (Å²) in [6.07, 6.45) is 2.25. The zero-order chi connectivity index (χ0) is 21.8. The molecule has 1 atom stereocenters. The van der Waals surface area contributed by atoms with Crippen molar-refractivity contribution in [2.45, 2.75) is 52.1 Å². The Balaban J connectivity index is 2.05. The molecule has 0 radical (unpaired) electrons. The van der Waals surface area contributed by atoms with Crippen LogP contribution in [-0.2, 0) is 16.1 Å². The van der Waals surface area contributed by atoms with Crippen molar-refractivity contribution in [3.05, 3.63) is 65.2 Å². The zero-order valence-corrected chi connectivity index (χ0v) is 18.5. The highest BCUT2D eigenvalue weighted by molar-refractivity contribution is 6.31. The first-order valence-electron chi connectivity index (χ1n) is 10.5. The molecular formula is C24H31ClN2O3. The number of carbonyl (C=O) groups excluding carboxylic acids is 2. The van der Waals surface area contributed by atoms with Gasteiger partial charge in [0.25, 0.3) is 0 Å². The molecule has 0 aliphatic rings. The number of carbonyl (C=O) groups is 2. The van der Waals surface area contributed by atoms with E-state index in [1.54, 1.807) is 11.0 Å². The normalized spacial score (nSPS) is 11.6. The van der Waals surface area contributed by atoms with Crippen molar-refractivity contribution in [3.63, 3.8) is 0 Å². The van der Waals surface area contributed by atoms with Gasteiger partial charge in [0.05, 0.1) is 6.61 Å². The Morgan fingerprint density at radius 3 is 2.43 bits per heavy atom. The van der Waals surface area contributed by atoms with E-state index in [1.165, 1.54) is 0 Å². The van der Waals surface area contributed by atoms with E-state index in [0.717, 1.165) is 17.7 Å². The van der Waals surface area contributed by atoms with Crippen molar-refractivity contribution < 1.29 is 14.3 Å². The number of para-hydroxylation sites is 1. The van der Waals surface area contributed by atoms with Gasteiger partial charge in [-0.2, -0.15) is 0 Å². The molecule has 2 rings (SSSR count). The van der Waals surface area contributed by atoms with Gasteiger partial charge in [-0.25, -0.2) is 0 Å². The third-order valence-corrected chi connectivity index (χ3v) is 5.15. The molecule has 0 bridgehead atoms. The smallest absolute Gasteiger partial charge is 0.242 e. The molecule has 162 valence electrons. The number of rotatable bonds is 12. The first-order chi connectivity index (χ1) is 14.6. The van der Waals surface area contributed by atoms with Crippen molar-refractivity contribution in [1.82, 2.24) is 10.2 Å². The van der Waals surface area contributed by atoms with Gasteiger partial charge < -0.3 is 15.0 Å². The van der Waals surface area contributed by atoms with Gasteiger partial charge in [0, 0.05) is 24.5 Å². The van der Waals surface area contributed by atoms with Crippen molar-refractivity contribution in [2.75, 3.05) is 13.2 Å². The maximum atomic E-state index is 13.1. The number of hydrogen-bond acceptors (Lipinski definition) is 3. The molecule has 5 nitrogen and oxygen atoms in total. The molecule has 30 heavy (non-hydrogen) atoms. The fourth-order valence-corrected chi connectivity index (χ4v) is 3.36. The van der Waals surface area contributed by atoms with Crippen molar-refractivity contribution >= 4 is 23.4 Å². The van der Waals surface area contributed by atoms with Crippen molar-refractivity contribution in [3.8, 4) is 5.75 Å². The van der Waals surface area contributed by atoms with Gasteiger partial charge in [0.1, 0.15) is 11.8 Å². The minimum atomic E-state index is -0.532. The van der Waals surface area contributed by atoms with E-state index in [4.69, 9.17) is 16.3 Å². The van der Waals surface area contributed by atoms with Crippen molar-refractivity contribution in [1.29, 1.82) is 0 Å². The lowest BCUT2D eigenvalue weighted by Crippen LogP contribution is -2.49. The Morgan fingerprint density at radius 2 is 1.77 bits per heavy atom. The van der Waals surface area contributed by atoms with Crippen LogP contribution in [0, 0.1) is 0 Å². The van der Waals surface area contributed by atoms with Crippen LogP contribution in [0.25, 0.3) is 0 Å². The first kappa shape index (κ1) is 23.7. The molecule has 2 aromatic carbocycles. The molecule has 2 amide bonds. The Hall–Kier alpha value is -2.53. The predicted molar refractivity (Wildman–Crippen MR) is 121 cm³/mol. The topological polar surface area (TPSA) is 58.6 Å². The van der Waals surface area contributed by atoms with Crippen LogP contribution in [0.1, 0.15) is 45.1 Å². The van der Waals surface area contributed by atoms with Crippen LogP contribution in [0.15, 0.2) is 54.6 Å². The van der Waals surface area contributed by atoms with Gasteiger partial charge in [-0.3, -0.25) is 9.59 Å². The second-order valence-corrected chi connectivity index (χ2v) is 7.50. The number of hydrogen-bond donors (Lipinski definition) is 1. The van der Waals surface area contributed by atoms with E-state index in [0.29, 0.717) is 44.0 Å². The summed E-state index contributed by atoms with van der Waals surface area (Å²) in [4.78, 5) is 27.5. The molecular weight excluding hydrogens is 400 g/mol. The second kappa shape index (κ2) is 12.9. The summed E-state index contributed by atoms with van der Waals surface area (Å²) in [5.41, 5.74) is 0.829. The maximum absolute atomic E-state index is 13.1. The van der Waals surface area contributed by atoms with Crippen LogP contribution < -0.4 is 10.1 Å². The molecule has 0 aromatic heterocycles. The lowest BCUT2D eigenvalue weighted by atomic mass is 10.1. The van der Waals surface area contributed by atoms with E-state index >= 15 is 0 Å². The third kappa shape index (κ3) is 7.38. The largest absolute Gasteiger partial charge is 0.494 e. The highest BCUT2D eigenvalue weighted by atomic mass is 35.5. The highest BCUT2D eigenvalue weighted by Crippen LogP contribution is 2.20. The predicted octanol–water partition coefficient (Wildman–Crippen LogP) is 4.83. The summed E-state index contributed by atoms with van der Waals surface area (Å²) < 4.78 is 5.69. The molecule has 0 aliphatic carbocycles. The number of nitrogens with zero attached hydrogens (tertiary/aromatic N) is 1. The zero-order valence-electron chi connectivity index (χ0n) is 17.8. The van der Waals surface area contributed by atoms with E-state index in [2.05, 4.69) is 5.32 Å². The fraction of sp³-hybridized carbons (Fsp3) is 0.417. The summed E-state index contributed by atoms with van der Waals surface area (Å²) >= 11 is 6.32. The summed E-state index contributed by atoms with van der Waals surface area (Å²) in [6, 6.07) is 16.4. The molecule has 2 aromatic rings. The molecule has 0 spiro atoms. The van der Waals surface area contributed by atoms with Gasteiger partial charge in [0.15, 0.2) is 0 Å². The molecule has 0 fully saturated rings. The Kier molecular flexibility index (Phi) is 10.2. The van der Waals surface area contributed by atoms with E-state index < -0.39 is 6.04 Å². The van der Waals surface area contributed by atoms with Crippen molar-refractivity contribution in [2.24, 2.45) is 0 Å². The van der Waals surface area contributed by atoms with E-state index in [9.17, 15) is 9.59 Å². The van der Waals surface area contributed by atoms with Gasteiger partial charge in [-0.05, 0) is 43.0 Å². The maximum Gasteiger partial charge on any atom is 0.242 e. The first-order valence-corrected chi connectivity index (χ1v) is 10.9. The molecule has 0 saturated heterocycles. The number of amides is 2. The quantitative estimate of drug-likeness (QED) is 0.490. The monoisotopic (exact) mass is 430 g/mol. The molecule has 1 N–H and O–H groups in total. The summed E-state index contributed by atoms with van der Waals surface area (Å²) in [7, 11) is 0. The van der Waals surface area contributed by atoms with Crippen LogP contribution in [0.2, 0.25) is 5.02 Å². The minimum absolute atomic E-state index is 0.0786. The van der Waals surface area contributed by atoms with Crippen LogP contribution in [-0.4, -0.2) is 35.9 Å². The third-order valence-electron chi connectivity index (χ3n) is 4.78. The van der Waals surface area contributed by atoms with Crippen LogP contribution in [0.3, 0.4) is 0 Å². The van der Waals surface area contributed by atoms with E-state index in [1.807, 2.05) is 62.4 Å². The summed E-state index contributed by atoms with van der Waals surface area (Å²) in [5.74, 6) is 0.577. The van der Waals surface area contributed by atoms with Gasteiger partial charge in [-0.1, -0.05) is 61.8 Å². The molecule has 0 unspecified atom stereocenters. The Labute approximate surface area is 184 Å². The SMILES string of the molecule is CCCNC(=O)[C@@H](CC)N(Cc1ccccc1Cl)C(=O)CCCOc1ccccc1. The van der Waals surface area contributed by atoms with Crippen LogP contribution in [0.4, 0.5) is 0 Å². The number of ether oxygens (including phenoxy) is 1. The number of nitrogens with one attached hydrogen (secondary N) is 1. The fourth-order valence-electron chi connectivity index (χ4n) is 3.17. The average Bonchev–Trinajstić information content (AvgIpc) is 2.77.